The summed E-state index contributed by atoms with van der Waals surface area (Å²) in [5, 5.41) is 7.05. The van der Waals surface area contributed by atoms with Gasteiger partial charge in [0.05, 0.1) is 11.6 Å². The van der Waals surface area contributed by atoms with Crippen LogP contribution in [0.1, 0.15) is 10.5 Å². The van der Waals surface area contributed by atoms with Crippen LogP contribution >= 0.6 is 11.3 Å². The van der Waals surface area contributed by atoms with Crippen LogP contribution < -0.4 is 10.6 Å². The highest BCUT2D eigenvalue weighted by Crippen LogP contribution is 2.02. The zero-order valence-corrected chi connectivity index (χ0v) is 8.58. The summed E-state index contributed by atoms with van der Waals surface area (Å²) in [7, 11) is 0. The second kappa shape index (κ2) is 4.22. The Morgan fingerprint density at radius 3 is 3.13 bits per heavy atom. The van der Waals surface area contributed by atoms with E-state index in [0.717, 1.165) is 0 Å². The summed E-state index contributed by atoms with van der Waals surface area (Å²) in [5.74, 6) is -0.351. The molecule has 15 heavy (non-hydrogen) atoms. The number of nitrogens with one attached hydrogen (secondary N) is 2. The van der Waals surface area contributed by atoms with Crippen LogP contribution in [0.5, 0.6) is 0 Å². The quantitative estimate of drug-likeness (QED) is 0.737. The molecule has 0 spiro atoms. The minimum absolute atomic E-state index is 0.130. The lowest BCUT2D eigenvalue weighted by atomic mass is 10.2. The molecule has 1 aliphatic heterocycles. The standard InChI is InChI=1S/C9H9N3O2S/c13-8-2-1-6(3-10-8)12-9(14)7-4-15-5-11-7/h1-2,4-6H,3H2,(H,10,13)(H,12,14)/t6-/m1/s1. The number of hydrogen-bond donors (Lipinski definition) is 2. The maximum Gasteiger partial charge on any atom is 0.271 e. The van der Waals surface area contributed by atoms with E-state index in [0.29, 0.717) is 12.2 Å². The first-order valence-electron chi connectivity index (χ1n) is 4.41. The number of carbonyl (C=O) groups excluding carboxylic acids is 2. The van der Waals surface area contributed by atoms with Gasteiger partial charge in [-0.05, 0) is 0 Å². The Morgan fingerprint density at radius 1 is 1.67 bits per heavy atom. The lowest BCUT2D eigenvalue weighted by Crippen LogP contribution is -2.45. The largest absolute Gasteiger partial charge is 0.350 e. The van der Waals surface area contributed by atoms with Gasteiger partial charge in [-0.3, -0.25) is 9.59 Å². The summed E-state index contributed by atoms with van der Waals surface area (Å²) in [4.78, 5) is 26.2. The molecule has 0 unspecified atom stereocenters. The number of thiazole rings is 1. The molecule has 78 valence electrons. The molecule has 1 aromatic heterocycles. The first-order chi connectivity index (χ1) is 7.25. The Labute approximate surface area is 90.2 Å². The Morgan fingerprint density at radius 2 is 2.53 bits per heavy atom. The number of carbonyl (C=O) groups is 2. The number of rotatable bonds is 2. The van der Waals surface area contributed by atoms with Crippen LogP contribution in [0.4, 0.5) is 0 Å². The van der Waals surface area contributed by atoms with Gasteiger partial charge in [0, 0.05) is 18.0 Å². The van der Waals surface area contributed by atoms with E-state index in [1.807, 2.05) is 0 Å². The smallest absolute Gasteiger partial charge is 0.271 e. The molecule has 2 amide bonds. The van der Waals surface area contributed by atoms with E-state index in [-0.39, 0.29) is 17.9 Å². The summed E-state index contributed by atoms with van der Waals surface area (Å²) in [6.07, 6.45) is 3.08. The number of amides is 2. The second-order valence-corrected chi connectivity index (χ2v) is 3.78. The third-order valence-corrected chi connectivity index (χ3v) is 2.54. The molecule has 1 aromatic rings. The van der Waals surface area contributed by atoms with Gasteiger partial charge in [0.25, 0.3) is 5.91 Å². The molecule has 6 heteroatoms. The van der Waals surface area contributed by atoms with Crippen molar-refractivity contribution in [3.8, 4) is 0 Å². The second-order valence-electron chi connectivity index (χ2n) is 3.06. The molecule has 2 rings (SSSR count). The molecule has 2 heterocycles. The van der Waals surface area contributed by atoms with Crippen molar-refractivity contribution in [2.24, 2.45) is 0 Å². The van der Waals surface area contributed by atoms with E-state index in [4.69, 9.17) is 0 Å². The molecular formula is C9H9N3O2S. The fourth-order valence-corrected chi connectivity index (χ4v) is 1.74. The molecule has 0 saturated carbocycles. The Balaban J connectivity index is 1.95. The molecule has 0 bridgehead atoms. The lowest BCUT2D eigenvalue weighted by Gasteiger charge is -2.17. The average molecular weight is 223 g/mol. The van der Waals surface area contributed by atoms with E-state index < -0.39 is 0 Å². The molecule has 2 N–H and O–H groups in total. The van der Waals surface area contributed by atoms with E-state index in [1.165, 1.54) is 17.4 Å². The molecule has 1 aliphatic rings. The SMILES string of the molecule is O=C1C=C[C@@H](NC(=O)c2cscn2)CN1. The Bertz CT molecular complexity index is 399. The van der Waals surface area contributed by atoms with Crippen molar-refractivity contribution < 1.29 is 9.59 Å². The molecule has 0 aliphatic carbocycles. The van der Waals surface area contributed by atoms with Crippen LogP contribution in [0.25, 0.3) is 0 Å². The highest BCUT2D eigenvalue weighted by Gasteiger charge is 2.16. The zero-order valence-electron chi connectivity index (χ0n) is 7.77. The summed E-state index contributed by atoms with van der Waals surface area (Å²) in [5.41, 5.74) is 2.01. The topological polar surface area (TPSA) is 71.1 Å². The number of hydrogen-bond acceptors (Lipinski definition) is 4. The summed E-state index contributed by atoms with van der Waals surface area (Å²) >= 11 is 1.37. The maximum atomic E-state index is 11.5. The van der Waals surface area contributed by atoms with Crippen molar-refractivity contribution >= 4 is 23.2 Å². The highest BCUT2D eigenvalue weighted by atomic mass is 32.1. The van der Waals surface area contributed by atoms with Crippen molar-refractivity contribution in [3.63, 3.8) is 0 Å². The van der Waals surface area contributed by atoms with Gasteiger partial charge in [0.1, 0.15) is 5.69 Å². The van der Waals surface area contributed by atoms with Gasteiger partial charge in [-0.25, -0.2) is 4.98 Å². The molecule has 1 atom stereocenters. The van der Waals surface area contributed by atoms with Gasteiger partial charge in [-0.15, -0.1) is 11.3 Å². The van der Waals surface area contributed by atoms with Gasteiger partial charge in [-0.1, -0.05) is 6.08 Å². The van der Waals surface area contributed by atoms with E-state index in [9.17, 15) is 9.59 Å². The van der Waals surface area contributed by atoms with Crippen LogP contribution in [0, 0.1) is 0 Å². The molecule has 0 aromatic carbocycles. The van der Waals surface area contributed by atoms with Crippen molar-refractivity contribution in [2.45, 2.75) is 6.04 Å². The van der Waals surface area contributed by atoms with Gasteiger partial charge in [0.15, 0.2) is 0 Å². The molecule has 0 saturated heterocycles. The van der Waals surface area contributed by atoms with Crippen LogP contribution in [0.2, 0.25) is 0 Å². The van der Waals surface area contributed by atoms with Gasteiger partial charge in [-0.2, -0.15) is 0 Å². The average Bonchev–Trinajstić information content (AvgIpc) is 2.74. The van der Waals surface area contributed by atoms with Crippen LogP contribution in [0.15, 0.2) is 23.0 Å². The molecule has 0 fully saturated rings. The summed E-state index contributed by atoms with van der Waals surface area (Å²) in [6, 6.07) is -0.156. The Hall–Kier alpha value is -1.69. The minimum Gasteiger partial charge on any atom is -0.350 e. The van der Waals surface area contributed by atoms with Crippen LogP contribution in [-0.4, -0.2) is 29.4 Å². The lowest BCUT2D eigenvalue weighted by molar-refractivity contribution is -0.116. The third-order valence-electron chi connectivity index (χ3n) is 1.96. The molecule has 0 radical (unpaired) electrons. The first kappa shape index (κ1) is 9.85. The fourth-order valence-electron chi connectivity index (χ4n) is 1.21. The maximum absolute atomic E-state index is 11.5. The number of nitrogens with zero attached hydrogens (tertiary/aromatic N) is 1. The first-order valence-corrected chi connectivity index (χ1v) is 5.35. The highest BCUT2D eigenvalue weighted by molar-refractivity contribution is 7.07. The molecular weight excluding hydrogens is 214 g/mol. The van der Waals surface area contributed by atoms with Crippen LogP contribution in [-0.2, 0) is 4.79 Å². The van der Waals surface area contributed by atoms with E-state index in [1.54, 1.807) is 17.0 Å². The molecule has 5 nitrogen and oxygen atoms in total. The zero-order chi connectivity index (χ0) is 10.7. The predicted molar refractivity (Wildman–Crippen MR) is 55.5 cm³/mol. The fraction of sp³-hybridized carbons (Fsp3) is 0.222. The van der Waals surface area contributed by atoms with Crippen LogP contribution in [0.3, 0.4) is 0 Å². The minimum atomic E-state index is -0.220. The normalized spacial score (nSPS) is 19.7. The van der Waals surface area contributed by atoms with Gasteiger partial charge < -0.3 is 10.6 Å². The van der Waals surface area contributed by atoms with Crippen molar-refractivity contribution in [1.82, 2.24) is 15.6 Å². The van der Waals surface area contributed by atoms with Gasteiger partial charge >= 0.3 is 0 Å². The Kier molecular flexibility index (Phi) is 2.77. The van der Waals surface area contributed by atoms with Crippen molar-refractivity contribution in [3.05, 3.63) is 28.7 Å². The number of aromatic nitrogens is 1. The third kappa shape index (κ3) is 2.41. The predicted octanol–water partition coefficient (Wildman–Crippen LogP) is -0.0725. The van der Waals surface area contributed by atoms with E-state index >= 15 is 0 Å². The summed E-state index contributed by atoms with van der Waals surface area (Å²) in [6.45, 7) is 0.422. The van der Waals surface area contributed by atoms with E-state index in [2.05, 4.69) is 15.6 Å². The monoisotopic (exact) mass is 223 g/mol. The summed E-state index contributed by atoms with van der Waals surface area (Å²) < 4.78 is 0. The van der Waals surface area contributed by atoms with Gasteiger partial charge in [0.2, 0.25) is 5.91 Å². The van der Waals surface area contributed by atoms with Crippen molar-refractivity contribution in [2.75, 3.05) is 6.54 Å². The van der Waals surface area contributed by atoms with Crippen molar-refractivity contribution in [1.29, 1.82) is 0 Å².